The van der Waals surface area contributed by atoms with Crippen molar-refractivity contribution in [3.8, 4) is 11.5 Å². The van der Waals surface area contributed by atoms with Crippen molar-refractivity contribution >= 4 is 45.8 Å². The number of benzene rings is 4. The van der Waals surface area contributed by atoms with E-state index in [0.29, 0.717) is 0 Å². The summed E-state index contributed by atoms with van der Waals surface area (Å²) in [5.74, 6) is 0.787. The second kappa shape index (κ2) is 11.6. The molecule has 36 heavy (non-hydrogen) atoms. The van der Waals surface area contributed by atoms with Gasteiger partial charge in [0.2, 0.25) is 11.8 Å². The lowest BCUT2D eigenvalue weighted by molar-refractivity contribution is -0.126. The molecule has 0 aliphatic heterocycles. The summed E-state index contributed by atoms with van der Waals surface area (Å²) in [6.07, 6.45) is 3.10. The van der Waals surface area contributed by atoms with E-state index in [9.17, 15) is 9.59 Å². The number of amides is 2. The Bertz CT molecular complexity index is 1350. The SMILES string of the molecule is COc1ccc(C=NNC(=O)CCC(=O)NN=Cc2ccc(OC)c3ccccc23)c2ccccc12. The molecule has 0 aliphatic rings. The molecule has 8 heteroatoms. The number of hydrogen-bond donors (Lipinski definition) is 2. The third-order valence-electron chi connectivity index (χ3n) is 5.64. The van der Waals surface area contributed by atoms with Crippen LogP contribution in [0.1, 0.15) is 24.0 Å². The monoisotopic (exact) mass is 482 g/mol. The van der Waals surface area contributed by atoms with Crippen LogP contribution in [-0.2, 0) is 9.59 Å². The minimum absolute atomic E-state index is 0.0203. The Morgan fingerprint density at radius 1 is 0.639 bits per heavy atom. The zero-order valence-electron chi connectivity index (χ0n) is 20.0. The van der Waals surface area contributed by atoms with Gasteiger partial charge in [0.15, 0.2) is 0 Å². The summed E-state index contributed by atoms with van der Waals surface area (Å²) in [4.78, 5) is 24.3. The van der Waals surface area contributed by atoms with Crippen LogP contribution < -0.4 is 20.3 Å². The van der Waals surface area contributed by atoms with E-state index in [1.165, 1.54) is 0 Å². The fourth-order valence-electron chi connectivity index (χ4n) is 3.86. The first-order valence-corrected chi connectivity index (χ1v) is 11.4. The maximum atomic E-state index is 12.1. The number of rotatable bonds is 9. The van der Waals surface area contributed by atoms with Crippen LogP contribution >= 0.6 is 0 Å². The number of hydrogen-bond acceptors (Lipinski definition) is 6. The predicted molar refractivity (Wildman–Crippen MR) is 142 cm³/mol. The largest absolute Gasteiger partial charge is 0.496 e. The van der Waals surface area contributed by atoms with Gasteiger partial charge in [0, 0.05) is 34.7 Å². The third-order valence-corrected chi connectivity index (χ3v) is 5.64. The van der Waals surface area contributed by atoms with Crippen LogP contribution in [0.25, 0.3) is 21.5 Å². The molecule has 0 fully saturated rings. The van der Waals surface area contributed by atoms with Crippen molar-refractivity contribution < 1.29 is 19.1 Å². The first kappa shape index (κ1) is 24.4. The van der Waals surface area contributed by atoms with Crippen molar-refractivity contribution in [3.63, 3.8) is 0 Å². The Hall–Kier alpha value is -4.72. The fourth-order valence-corrected chi connectivity index (χ4v) is 3.86. The molecule has 182 valence electrons. The van der Waals surface area contributed by atoms with E-state index in [0.717, 1.165) is 44.2 Å². The molecule has 4 rings (SSSR count). The summed E-state index contributed by atoms with van der Waals surface area (Å²) in [6, 6.07) is 23.0. The van der Waals surface area contributed by atoms with E-state index in [-0.39, 0.29) is 24.7 Å². The minimum atomic E-state index is -0.371. The molecular weight excluding hydrogens is 456 g/mol. The average molecular weight is 483 g/mol. The maximum Gasteiger partial charge on any atom is 0.240 e. The van der Waals surface area contributed by atoms with E-state index >= 15 is 0 Å². The summed E-state index contributed by atoms with van der Waals surface area (Å²) >= 11 is 0. The van der Waals surface area contributed by atoms with Gasteiger partial charge in [-0.2, -0.15) is 10.2 Å². The lowest BCUT2D eigenvalue weighted by atomic mass is 10.0. The summed E-state index contributed by atoms with van der Waals surface area (Å²) in [5.41, 5.74) is 6.60. The molecule has 0 unspecified atom stereocenters. The number of carbonyl (C=O) groups is 2. The number of nitrogens with one attached hydrogen (secondary N) is 2. The minimum Gasteiger partial charge on any atom is -0.496 e. The van der Waals surface area contributed by atoms with E-state index in [1.54, 1.807) is 26.6 Å². The van der Waals surface area contributed by atoms with Gasteiger partial charge in [-0.3, -0.25) is 9.59 Å². The molecule has 4 aromatic rings. The van der Waals surface area contributed by atoms with Gasteiger partial charge in [0.05, 0.1) is 26.6 Å². The lowest BCUT2D eigenvalue weighted by Gasteiger charge is -2.07. The van der Waals surface area contributed by atoms with E-state index in [2.05, 4.69) is 21.1 Å². The Balaban J connectivity index is 1.29. The molecule has 2 N–H and O–H groups in total. The first-order valence-electron chi connectivity index (χ1n) is 11.4. The molecule has 0 aliphatic carbocycles. The van der Waals surface area contributed by atoms with E-state index in [4.69, 9.17) is 9.47 Å². The van der Waals surface area contributed by atoms with Gasteiger partial charge in [-0.05, 0) is 35.0 Å². The molecule has 0 saturated carbocycles. The molecule has 0 atom stereocenters. The van der Waals surface area contributed by atoms with Crippen molar-refractivity contribution in [2.75, 3.05) is 14.2 Å². The summed E-state index contributed by atoms with van der Waals surface area (Å²) in [5, 5.41) is 11.9. The third kappa shape index (κ3) is 5.67. The van der Waals surface area contributed by atoms with Crippen LogP contribution in [-0.4, -0.2) is 38.5 Å². The van der Waals surface area contributed by atoms with Gasteiger partial charge < -0.3 is 9.47 Å². The summed E-state index contributed by atoms with van der Waals surface area (Å²) < 4.78 is 10.8. The van der Waals surface area contributed by atoms with Crippen LogP contribution in [0, 0.1) is 0 Å². The van der Waals surface area contributed by atoms with Gasteiger partial charge >= 0.3 is 0 Å². The zero-order valence-corrected chi connectivity index (χ0v) is 20.0. The Kier molecular flexibility index (Phi) is 7.87. The number of nitrogens with zero attached hydrogens (tertiary/aromatic N) is 2. The number of ether oxygens (including phenoxy) is 2. The second-order valence-electron chi connectivity index (χ2n) is 7.89. The van der Waals surface area contributed by atoms with E-state index < -0.39 is 0 Å². The highest BCUT2D eigenvalue weighted by Gasteiger charge is 2.08. The van der Waals surface area contributed by atoms with Crippen molar-refractivity contribution in [2.24, 2.45) is 10.2 Å². The van der Waals surface area contributed by atoms with Crippen molar-refractivity contribution in [3.05, 3.63) is 83.9 Å². The molecule has 0 radical (unpaired) electrons. The molecule has 8 nitrogen and oxygen atoms in total. The van der Waals surface area contributed by atoms with Crippen molar-refractivity contribution in [1.82, 2.24) is 10.9 Å². The van der Waals surface area contributed by atoms with Crippen molar-refractivity contribution in [2.45, 2.75) is 12.8 Å². The highest BCUT2D eigenvalue weighted by molar-refractivity contribution is 6.03. The first-order chi connectivity index (χ1) is 17.6. The summed E-state index contributed by atoms with van der Waals surface area (Å²) in [7, 11) is 3.25. The zero-order chi connectivity index (χ0) is 25.3. The number of fused-ring (bicyclic) bond motifs is 2. The predicted octanol–water partition coefficient (Wildman–Crippen LogP) is 4.39. The Labute approximate surface area is 208 Å². The summed E-state index contributed by atoms with van der Waals surface area (Å²) in [6.45, 7) is 0. The molecule has 0 saturated heterocycles. The van der Waals surface area contributed by atoms with Gasteiger partial charge in [-0.1, -0.05) is 48.5 Å². The topological polar surface area (TPSA) is 101 Å². The van der Waals surface area contributed by atoms with Crippen LogP contribution in [0.3, 0.4) is 0 Å². The average Bonchev–Trinajstić information content (AvgIpc) is 2.92. The Morgan fingerprint density at radius 3 is 1.42 bits per heavy atom. The standard InChI is InChI=1S/C28H26N4O4/c1-35-25-13-11-19(21-7-3-5-9-23(21)25)17-29-31-27(33)15-16-28(34)32-30-18-20-12-14-26(36-2)24-10-6-4-8-22(20)24/h3-14,17-18H,15-16H2,1-2H3,(H,31,33)(H,32,34). The molecule has 4 aromatic carbocycles. The van der Waals surface area contributed by atoms with Crippen LogP contribution in [0.15, 0.2) is 83.0 Å². The Morgan fingerprint density at radius 2 is 1.03 bits per heavy atom. The van der Waals surface area contributed by atoms with Gasteiger partial charge in [-0.25, -0.2) is 10.9 Å². The maximum absolute atomic E-state index is 12.1. The molecular formula is C28H26N4O4. The molecule has 2 amide bonds. The highest BCUT2D eigenvalue weighted by atomic mass is 16.5. The quantitative estimate of drug-likeness (QED) is 0.273. The highest BCUT2D eigenvalue weighted by Crippen LogP contribution is 2.28. The van der Waals surface area contributed by atoms with Gasteiger partial charge in [-0.15, -0.1) is 0 Å². The van der Waals surface area contributed by atoms with Crippen LogP contribution in [0.4, 0.5) is 0 Å². The number of carbonyl (C=O) groups excluding carboxylic acids is 2. The van der Waals surface area contributed by atoms with Gasteiger partial charge in [0.25, 0.3) is 0 Å². The fraction of sp³-hybridized carbons (Fsp3) is 0.143. The van der Waals surface area contributed by atoms with Crippen molar-refractivity contribution in [1.29, 1.82) is 0 Å². The smallest absolute Gasteiger partial charge is 0.240 e. The molecule has 0 aromatic heterocycles. The number of hydrazone groups is 2. The molecule has 0 heterocycles. The van der Waals surface area contributed by atoms with E-state index in [1.807, 2.05) is 72.8 Å². The molecule has 0 spiro atoms. The van der Waals surface area contributed by atoms with Crippen LogP contribution in [0.2, 0.25) is 0 Å². The lowest BCUT2D eigenvalue weighted by Crippen LogP contribution is -2.22. The molecule has 0 bridgehead atoms. The van der Waals surface area contributed by atoms with Gasteiger partial charge in [0.1, 0.15) is 11.5 Å². The van der Waals surface area contributed by atoms with Crippen LogP contribution in [0.5, 0.6) is 11.5 Å². The number of methoxy groups -OCH3 is 2. The normalized spacial score (nSPS) is 11.3. The second-order valence-corrected chi connectivity index (χ2v) is 7.89.